The highest BCUT2D eigenvalue weighted by atomic mass is 35.5. The molecule has 0 radical (unpaired) electrons. The number of hydrogen-bond donors (Lipinski definition) is 0. The van der Waals surface area contributed by atoms with Gasteiger partial charge < -0.3 is 4.57 Å². The summed E-state index contributed by atoms with van der Waals surface area (Å²) in [6.45, 7) is 0.525. The Labute approximate surface area is 175 Å². The third-order valence-electron chi connectivity index (χ3n) is 4.13. The molecule has 0 saturated heterocycles. The summed E-state index contributed by atoms with van der Waals surface area (Å²) in [4.78, 5) is 9.63. The predicted octanol–water partition coefficient (Wildman–Crippen LogP) is 6.34. The van der Waals surface area contributed by atoms with Gasteiger partial charge in [-0.25, -0.2) is 9.38 Å². The highest BCUT2D eigenvalue weighted by Gasteiger charge is 2.12. The Morgan fingerprint density at radius 2 is 1.89 bits per heavy atom. The molecule has 0 saturated carbocycles. The van der Waals surface area contributed by atoms with Crippen molar-refractivity contribution in [2.75, 3.05) is 0 Å². The van der Waals surface area contributed by atoms with Gasteiger partial charge in [0.2, 0.25) is 0 Å². The Bertz CT molecular complexity index is 1170. The van der Waals surface area contributed by atoms with Crippen LogP contribution in [0.3, 0.4) is 0 Å². The minimum Gasteiger partial charge on any atom is -0.312 e. The summed E-state index contributed by atoms with van der Waals surface area (Å²) in [5, 5.41) is 3.15. The molecule has 0 fully saturated rings. The van der Waals surface area contributed by atoms with Gasteiger partial charge >= 0.3 is 0 Å². The first-order chi connectivity index (χ1) is 13.6. The number of thiazole rings is 1. The van der Waals surface area contributed by atoms with E-state index in [0.717, 1.165) is 27.3 Å². The first kappa shape index (κ1) is 18.9. The van der Waals surface area contributed by atoms with Crippen LogP contribution in [0.1, 0.15) is 5.56 Å². The molecule has 0 bridgehead atoms. The van der Waals surface area contributed by atoms with Crippen molar-refractivity contribution in [1.29, 1.82) is 0 Å². The van der Waals surface area contributed by atoms with Crippen LogP contribution in [0.15, 0.2) is 77.4 Å². The van der Waals surface area contributed by atoms with E-state index in [2.05, 4.69) is 9.55 Å². The number of benzene rings is 2. The highest BCUT2D eigenvalue weighted by Crippen LogP contribution is 2.31. The molecule has 0 atom stereocenters. The van der Waals surface area contributed by atoms with Crippen molar-refractivity contribution in [1.82, 2.24) is 9.55 Å². The molecule has 4 rings (SSSR count). The second kappa shape index (κ2) is 8.27. The summed E-state index contributed by atoms with van der Waals surface area (Å²) in [5.41, 5.74) is 3.49. The Kier molecular flexibility index (Phi) is 5.57. The fraction of sp³-hybridized carbons (Fsp3) is 0.0476. The van der Waals surface area contributed by atoms with E-state index >= 15 is 0 Å². The van der Waals surface area contributed by atoms with Gasteiger partial charge in [-0.1, -0.05) is 35.3 Å². The van der Waals surface area contributed by atoms with Gasteiger partial charge in [-0.05, 0) is 48.0 Å². The van der Waals surface area contributed by atoms with Crippen LogP contribution in [0.4, 0.5) is 10.1 Å². The van der Waals surface area contributed by atoms with Crippen molar-refractivity contribution in [3.63, 3.8) is 0 Å². The summed E-state index contributed by atoms with van der Waals surface area (Å²) in [7, 11) is 0. The zero-order valence-electron chi connectivity index (χ0n) is 14.5. The van der Waals surface area contributed by atoms with Crippen molar-refractivity contribution >= 4 is 40.2 Å². The quantitative estimate of drug-likeness (QED) is 0.372. The summed E-state index contributed by atoms with van der Waals surface area (Å²) in [6, 6.07) is 15.6. The third kappa shape index (κ3) is 4.17. The van der Waals surface area contributed by atoms with Crippen LogP contribution in [-0.2, 0) is 6.54 Å². The topological polar surface area (TPSA) is 30.2 Å². The SMILES string of the molecule is Fc1ccc(Cn2c(-c3ccc(Cl)cc3Cl)csc2=Nc2cccnc2)cc1. The van der Waals surface area contributed by atoms with Gasteiger partial charge in [-0.3, -0.25) is 4.98 Å². The van der Waals surface area contributed by atoms with Crippen molar-refractivity contribution in [2.24, 2.45) is 4.99 Å². The van der Waals surface area contributed by atoms with Crippen molar-refractivity contribution in [2.45, 2.75) is 6.54 Å². The van der Waals surface area contributed by atoms with Crippen LogP contribution in [0.2, 0.25) is 10.0 Å². The lowest BCUT2D eigenvalue weighted by Gasteiger charge is -2.11. The number of nitrogens with zero attached hydrogens (tertiary/aromatic N) is 3. The number of aromatic nitrogens is 2. The van der Waals surface area contributed by atoms with Crippen LogP contribution < -0.4 is 4.80 Å². The van der Waals surface area contributed by atoms with Gasteiger partial charge in [0, 0.05) is 22.2 Å². The number of halogens is 3. The average Bonchev–Trinajstić information content (AvgIpc) is 3.06. The summed E-state index contributed by atoms with van der Waals surface area (Å²) < 4.78 is 15.4. The van der Waals surface area contributed by atoms with Crippen LogP contribution in [0, 0.1) is 5.82 Å². The zero-order chi connectivity index (χ0) is 19.5. The third-order valence-corrected chi connectivity index (χ3v) is 5.54. The number of pyridine rings is 1. The van der Waals surface area contributed by atoms with Gasteiger partial charge in [0.1, 0.15) is 5.82 Å². The van der Waals surface area contributed by atoms with Crippen molar-refractivity contribution < 1.29 is 4.39 Å². The Hall–Kier alpha value is -2.47. The summed E-state index contributed by atoms with van der Waals surface area (Å²) in [5.74, 6) is -0.264. The van der Waals surface area contributed by atoms with Crippen molar-refractivity contribution in [3.05, 3.63) is 98.6 Å². The normalized spacial score (nSPS) is 11.8. The molecule has 2 aromatic carbocycles. The fourth-order valence-corrected chi connectivity index (χ4v) is 4.21. The Balaban J connectivity index is 1.86. The van der Waals surface area contributed by atoms with Crippen LogP contribution in [0.5, 0.6) is 0 Å². The maximum atomic E-state index is 13.3. The second-order valence-electron chi connectivity index (χ2n) is 6.06. The predicted molar refractivity (Wildman–Crippen MR) is 113 cm³/mol. The van der Waals surface area contributed by atoms with Gasteiger partial charge in [0.15, 0.2) is 4.80 Å². The molecule has 0 N–H and O–H groups in total. The van der Waals surface area contributed by atoms with E-state index in [-0.39, 0.29) is 5.82 Å². The van der Waals surface area contributed by atoms with E-state index in [1.165, 1.54) is 23.5 Å². The largest absolute Gasteiger partial charge is 0.312 e. The van der Waals surface area contributed by atoms with Gasteiger partial charge in [-0.2, -0.15) is 0 Å². The van der Waals surface area contributed by atoms with Crippen LogP contribution in [0.25, 0.3) is 11.3 Å². The monoisotopic (exact) mass is 429 g/mol. The highest BCUT2D eigenvalue weighted by molar-refractivity contribution is 7.07. The summed E-state index contributed by atoms with van der Waals surface area (Å²) >= 11 is 14.0. The molecule has 4 aromatic rings. The average molecular weight is 430 g/mol. The lowest BCUT2D eigenvalue weighted by molar-refractivity contribution is 0.626. The Morgan fingerprint density at radius 1 is 1.07 bits per heavy atom. The standard InChI is InChI=1S/C21H14Cl2FN3S/c22-15-5-8-18(19(23)10-15)20-13-28-21(26-17-2-1-9-25-11-17)27(20)12-14-3-6-16(24)7-4-14/h1-11,13H,12H2. The zero-order valence-corrected chi connectivity index (χ0v) is 16.8. The molecular formula is C21H14Cl2FN3S. The van der Waals surface area contributed by atoms with E-state index in [1.807, 2.05) is 23.6 Å². The lowest BCUT2D eigenvalue weighted by Crippen LogP contribution is -2.16. The van der Waals surface area contributed by atoms with E-state index in [4.69, 9.17) is 28.2 Å². The molecule has 140 valence electrons. The van der Waals surface area contributed by atoms with Gasteiger partial charge in [-0.15, -0.1) is 11.3 Å². The van der Waals surface area contributed by atoms with E-state index in [9.17, 15) is 4.39 Å². The minimum atomic E-state index is -0.264. The molecule has 28 heavy (non-hydrogen) atoms. The molecular weight excluding hydrogens is 416 g/mol. The molecule has 0 amide bonds. The van der Waals surface area contributed by atoms with E-state index in [0.29, 0.717) is 16.6 Å². The van der Waals surface area contributed by atoms with E-state index in [1.54, 1.807) is 36.7 Å². The molecule has 3 nitrogen and oxygen atoms in total. The molecule has 0 aliphatic heterocycles. The first-order valence-electron chi connectivity index (χ1n) is 8.43. The van der Waals surface area contributed by atoms with Crippen molar-refractivity contribution in [3.8, 4) is 11.3 Å². The van der Waals surface area contributed by atoms with E-state index < -0.39 is 0 Å². The smallest absolute Gasteiger partial charge is 0.190 e. The maximum Gasteiger partial charge on any atom is 0.190 e. The van der Waals surface area contributed by atoms with Crippen LogP contribution in [-0.4, -0.2) is 9.55 Å². The van der Waals surface area contributed by atoms with Gasteiger partial charge in [0.25, 0.3) is 0 Å². The molecule has 0 aliphatic carbocycles. The molecule has 7 heteroatoms. The Morgan fingerprint density at radius 3 is 2.61 bits per heavy atom. The molecule has 0 spiro atoms. The fourth-order valence-electron chi connectivity index (χ4n) is 2.79. The minimum absolute atomic E-state index is 0.264. The second-order valence-corrected chi connectivity index (χ2v) is 7.74. The van der Waals surface area contributed by atoms with Crippen LogP contribution >= 0.6 is 34.5 Å². The maximum absolute atomic E-state index is 13.3. The first-order valence-corrected chi connectivity index (χ1v) is 10.1. The number of hydrogen-bond acceptors (Lipinski definition) is 3. The molecule has 2 aromatic heterocycles. The molecule has 2 heterocycles. The molecule has 0 aliphatic rings. The van der Waals surface area contributed by atoms with Gasteiger partial charge in [0.05, 0.1) is 29.1 Å². The number of rotatable bonds is 4. The lowest BCUT2D eigenvalue weighted by atomic mass is 10.1. The summed E-state index contributed by atoms with van der Waals surface area (Å²) in [6.07, 6.45) is 3.41. The molecule has 0 unspecified atom stereocenters.